The summed E-state index contributed by atoms with van der Waals surface area (Å²) in [4.78, 5) is 15.2. The number of fused-ring (bicyclic) bond motifs is 1. The SMILES string of the molecule is CCCCCCN1C=CN(C)C1.O=C(O)Cc1cccc2ccccc12. The van der Waals surface area contributed by atoms with E-state index < -0.39 is 5.97 Å². The second-order valence-electron chi connectivity index (χ2n) is 6.78. The highest BCUT2D eigenvalue weighted by atomic mass is 16.4. The zero-order chi connectivity index (χ0) is 18.8. The molecule has 0 aliphatic carbocycles. The van der Waals surface area contributed by atoms with Gasteiger partial charge in [0.25, 0.3) is 0 Å². The lowest BCUT2D eigenvalue weighted by Crippen LogP contribution is -2.23. The Bertz CT molecular complexity index is 722. The van der Waals surface area contributed by atoms with E-state index in [1.54, 1.807) is 0 Å². The molecular weight excluding hydrogens is 324 g/mol. The number of benzene rings is 2. The number of hydrogen-bond acceptors (Lipinski definition) is 3. The minimum atomic E-state index is -0.790. The van der Waals surface area contributed by atoms with Gasteiger partial charge in [-0.15, -0.1) is 0 Å². The van der Waals surface area contributed by atoms with Gasteiger partial charge in [-0.1, -0.05) is 68.7 Å². The molecule has 1 aliphatic heterocycles. The Morgan fingerprint density at radius 3 is 2.50 bits per heavy atom. The zero-order valence-corrected chi connectivity index (χ0v) is 15.9. The van der Waals surface area contributed by atoms with Crippen LogP contribution < -0.4 is 0 Å². The van der Waals surface area contributed by atoms with E-state index in [0.717, 1.165) is 23.0 Å². The fourth-order valence-corrected chi connectivity index (χ4v) is 3.09. The number of nitrogens with zero attached hydrogens (tertiary/aromatic N) is 2. The van der Waals surface area contributed by atoms with Crippen LogP contribution in [0, 0.1) is 0 Å². The number of carboxylic acids is 1. The van der Waals surface area contributed by atoms with Crippen LogP contribution in [0.4, 0.5) is 0 Å². The van der Waals surface area contributed by atoms with Gasteiger partial charge in [0.2, 0.25) is 0 Å². The Balaban J connectivity index is 0.000000190. The van der Waals surface area contributed by atoms with Crippen molar-refractivity contribution in [2.75, 3.05) is 20.3 Å². The lowest BCUT2D eigenvalue weighted by atomic mass is 10.0. The van der Waals surface area contributed by atoms with Crippen molar-refractivity contribution < 1.29 is 9.90 Å². The van der Waals surface area contributed by atoms with Crippen LogP contribution in [0.3, 0.4) is 0 Å². The monoisotopic (exact) mass is 354 g/mol. The van der Waals surface area contributed by atoms with Crippen LogP contribution in [0.2, 0.25) is 0 Å². The second kappa shape index (κ2) is 10.5. The number of unbranched alkanes of at least 4 members (excludes halogenated alkanes) is 3. The highest BCUT2D eigenvalue weighted by Crippen LogP contribution is 2.18. The minimum Gasteiger partial charge on any atom is -0.481 e. The standard InChI is InChI=1S/C12H10O2.C10H20N2/c13-12(14)8-10-6-3-5-9-4-1-2-7-11(9)10;1-3-4-5-6-7-12-9-8-11(2)10-12/h1-7H,8H2,(H,13,14);8-9H,3-7,10H2,1-2H3. The predicted molar refractivity (Wildman–Crippen MR) is 108 cm³/mol. The van der Waals surface area contributed by atoms with Crippen LogP contribution in [-0.2, 0) is 11.2 Å². The Kier molecular flexibility index (Phi) is 8.00. The Morgan fingerprint density at radius 2 is 1.81 bits per heavy atom. The van der Waals surface area contributed by atoms with Crippen molar-refractivity contribution in [3.8, 4) is 0 Å². The molecule has 0 aromatic heterocycles. The predicted octanol–water partition coefficient (Wildman–Crippen LogP) is 4.71. The molecule has 0 radical (unpaired) electrons. The third-order valence-corrected chi connectivity index (χ3v) is 4.46. The van der Waals surface area contributed by atoms with Gasteiger partial charge in [-0.05, 0) is 22.8 Å². The molecule has 0 atom stereocenters. The summed E-state index contributed by atoms with van der Waals surface area (Å²) in [5.74, 6) is -0.790. The Morgan fingerprint density at radius 1 is 1.04 bits per heavy atom. The van der Waals surface area contributed by atoms with Gasteiger partial charge in [0.15, 0.2) is 0 Å². The molecule has 0 saturated carbocycles. The average molecular weight is 354 g/mol. The lowest BCUT2D eigenvalue weighted by Gasteiger charge is -2.17. The normalized spacial score (nSPS) is 13.0. The summed E-state index contributed by atoms with van der Waals surface area (Å²) in [6.07, 6.45) is 9.84. The maximum atomic E-state index is 10.6. The summed E-state index contributed by atoms with van der Waals surface area (Å²) in [5, 5.41) is 10.8. The first-order valence-electron chi connectivity index (χ1n) is 9.41. The molecule has 0 saturated heterocycles. The third kappa shape index (κ3) is 6.43. The smallest absolute Gasteiger partial charge is 0.307 e. The molecule has 3 rings (SSSR count). The molecule has 1 heterocycles. The number of rotatable bonds is 7. The van der Waals surface area contributed by atoms with E-state index in [2.05, 4.69) is 36.2 Å². The summed E-state index contributed by atoms with van der Waals surface area (Å²) >= 11 is 0. The first-order chi connectivity index (χ1) is 12.6. The van der Waals surface area contributed by atoms with Crippen molar-refractivity contribution in [3.63, 3.8) is 0 Å². The molecule has 0 bridgehead atoms. The molecular formula is C22H30N2O2. The van der Waals surface area contributed by atoms with Gasteiger partial charge in [-0.3, -0.25) is 4.79 Å². The fourth-order valence-electron chi connectivity index (χ4n) is 3.09. The first-order valence-corrected chi connectivity index (χ1v) is 9.41. The highest BCUT2D eigenvalue weighted by Gasteiger charge is 2.06. The van der Waals surface area contributed by atoms with Gasteiger partial charge in [-0.25, -0.2) is 0 Å². The van der Waals surface area contributed by atoms with Crippen LogP contribution in [-0.4, -0.2) is 41.1 Å². The van der Waals surface area contributed by atoms with Crippen molar-refractivity contribution in [1.82, 2.24) is 9.80 Å². The van der Waals surface area contributed by atoms with Gasteiger partial charge in [-0.2, -0.15) is 0 Å². The van der Waals surface area contributed by atoms with E-state index in [4.69, 9.17) is 5.11 Å². The van der Waals surface area contributed by atoms with Crippen LogP contribution in [0.15, 0.2) is 54.9 Å². The van der Waals surface area contributed by atoms with E-state index in [0.29, 0.717) is 0 Å². The molecule has 0 amide bonds. The van der Waals surface area contributed by atoms with Crippen LogP contribution in [0.1, 0.15) is 38.2 Å². The molecule has 0 spiro atoms. The van der Waals surface area contributed by atoms with Gasteiger partial charge in [0.05, 0.1) is 13.1 Å². The van der Waals surface area contributed by atoms with Crippen molar-refractivity contribution in [3.05, 3.63) is 60.4 Å². The third-order valence-electron chi connectivity index (χ3n) is 4.46. The summed E-state index contributed by atoms with van der Waals surface area (Å²) in [6.45, 7) is 4.55. The number of carboxylic acid groups (broad SMARTS) is 1. The minimum absolute atomic E-state index is 0.0847. The quantitative estimate of drug-likeness (QED) is 0.731. The maximum absolute atomic E-state index is 10.6. The van der Waals surface area contributed by atoms with Crippen molar-refractivity contribution in [2.45, 2.75) is 39.0 Å². The van der Waals surface area contributed by atoms with E-state index in [9.17, 15) is 4.79 Å². The molecule has 2 aromatic rings. The fraction of sp³-hybridized carbons (Fsp3) is 0.409. The lowest BCUT2D eigenvalue weighted by molar-refractivity contribution is -0.136. The summed E-state index contributed by atoms with van der Waals surface area (Å²) in [5.41, 5.74) is 0.871. The van der Waals surface area contributed by atoms with Crippen molar-refractivity contribution in [2.24, 2.45) is 0 Å². The molecule has 0 unspecified atom stereocenters. The largest absolute Gasteiger partial charge is 0.481 e. The molecule has 1 N–H and O–H groups in total. The zero-order valence-electron chi connectivity index (χ0n) is 15.9. The van der Waals surface area contributed by atoms with Gasteiger partial charge < -0.3 is 14.9 Å². The number of carbonyl (C=O) groups is 1. The van der Waals surface area contributed by atoms with E-state index in [1.165, 1.54) is 32.2 Å². The number of hydrogen-bond donors (Lipinski definition) is 1. The molecule has 0 fully saturated rings. The molecule has 4 heteroatoms. The molecule has 26 heavy (non-hydrogen) atoms. The summed E-state index contributed by atoms with van der Waals surface area (Å²) in [6, 6.07) is 13.5. The number of aliphatic carboxylic acids is 1. The van der Waals surface area contributed by atoms with Crippen molar-refractivity contribution >= 4 is 16.7 Å². The van der Waals surface area contributed by atoms with E-state index in [-0.39, 0.29) is 6.42 Å². The van der Waals surface area contributed by atoms with Crippen LogP contribution in [0.5, 0.6) is 0 Å². The van der Waals surface area contributed by atoms with Crippen LogP contribution >= 0.6 is 0 Å². The summed E-state index contributed by atoms with van der Waals surface area (Å²) < 4.78 is 0. The van der Waals surface area contributed by atoms with Crippen LogP contribution in [0.25, 0.3) is 10.8 Å². The molecule has 1 aliphatic rings. The van der Waals surface area contributed by atoms with Gasteiger partial charge in [0, 0.05) is 26.0 Å². The molecule has 140 valence electrons. The average Bonchev–Trinajstić information content (AvgIpc) is 3.05. The second-order valence-corrected chi connectivity index (χ2v) is 6.78. The Hall–Kier alpha value is -2.49. The van der Waals surface area contributed by atoms with E-state index >= 15 is 0 Å². The van der Waals surface area contributed by atoms with Gasteiger partial charge >= 0.3 is 5.97 Å². The maximum Gasteiger partial charge on any atom is 0.307 e. The Labute approximate surface area is 156 Å². The van der Waals surface area contributed by atoms with Gasteiger partial charge in [0.1, 0.15) is 0 Å². The topological polar surface area (TPSA) is 43.8 Å². The highest BCUT2D eigenvalue weighted by molar-refractivity contribution is 5.88. The van der Waals surface area contributed by atoms with E-state index in [1.807, 2.05) is 42.5 Å². The molecule has 4 nitrogen and oxygen atoms in total. The summed E-state index contributed by atoms with van der Waals surface area (Å²) in [7, 11) is 2.11. The first kappa shape index (κ1) is 19.8. The van der Waals surface area contributed by atoms with Crippen molar-refractivity contribution in [1.29, 1.82) is 0 Å². The molecule has 2 aromatic carbocycles.